The highest BCUT2D eigenvalue weighted by molar-refractivity contribution is 14.1. The van der Waals surface area contributed by atoms with Crippen molar-refractivity contribution in [1.82, 2.24) is 0 Å². The fourth-order valence-corrected chi connectivity index (χ4v) is 9.32. The molecule has 1 rings (SSSR count). The second-order valence-corrected chi connectivity index (χ2v) is 23.2. The van der Waals surface area contributed by atoms with Crippen molar-refractivity contribution in [2.75, 3.05) is 20.3 Å². The van der Waals surface area contributed by atoms with Gasteiger partial charge in [0, 0.05) is 12.5 Å². The third kappa shape index (κ3) is 11.5. The van der Waals surface area contributed by atoms with Gasteiger partial charge in [0.1, 0.15) is 5.75 Å². The minimum atomic E-state index is -2.00. The third-order valence-electron chi connectivity index (χ3n) is 9.18. The molecular formula is C32H59IO4Si2. The molecule has 1 aromatic carbocycles. The summed E-state index contributed by atoms with van der Waals surface area (Å²) in [6, 6.07) is 11.7. The topological polar surface area (TPSA) is 36.9 Å². The Labute approximate surface area is 257 Å². The van der Waals surface area contributed by atoms with Crippen molar-refractivity contribution >= 4 is 39.2 Å². The average molecular weight is 691 g/mol. The molecule has 0 amide bonds. The molecule has 226 valence electrons. The summed E-state index contributed by atoms with van der Waals surface area (Å²) < 4.78 is 28.0. The zero-order valence-corrected chi connectivity index (χ0v) is 31.3. The molecular weight excluding hydrogens is 631 g/mol. The van der Waals surface area contributed by atoms with Crippen LogP contribution in [-0.4, -0.2) is 43.1 Å². The maximum absolute atomic E-state index is 7.24. The zero-order valence-electron chi connectivity index (χ0n) is 27.2. The standard InChI is InChI=1S/C32H59IO4Si2/c1-13-39(14-2,15-3)36-24-29(20-25(4)21-33)27(6)31(37-38(11,12)32(7,8)9)26(5)22-35-23-28-16-18-30(34-10)19-17-28/h16-19,21,26-27,29,31H,13-15,20,22-24H2,1-12H3/b25-21-/t26-,27+,29+,31-/m1/s1. The van der Waals surface area contributed by atoms with Gasteiger partial charge in [-0.1, -0.05) is 95.7 Å². The lowest BCUT2D eigenvalue weighted by Gasteiger charge is -2.45. The van der Waals surface area contributed by atoms with E-state index in [1.54, 1.807) is 7.11 Å². The molecule has 0 bridgehead atoms. The molecule has 0 spiro atoms. The zero-order chi connectivity index (χ0) is 29.9. The van der Waals surface area contributed by atoms with Gasteiger partial charge in [-0.15, -0.1) is 0 Å². The Kier molecular flexibility index (Phi) is 16.1. The summed E-state index contributed by atoms with van der Waals surface area (Å²) in [6.45, 7) is 27.8. The van der Waals surface area contributed by atoms with E-state index in [-0.39, 0.29) is 17.1 Å². The average Bonchev–Trinajstić information content (AvgIpc) is 2.91. The number of hydrogen-bond acceptors (Lipinski definition) is 4. The van der Waals surface area contributed by atoms with Crippen LogP contribution in [0.1, 0.15) is 74.3 Å². The molecule has 0 saturated carbocycles. The van der Waals surface area contributed by atoms with Crippen molar-refractivity contribution in [3.63, 3.8) is 0 Å². The summed E-state index contributed by atoms with van der Waals surface area (Å²) >= 11 is 2.38. The molecule has 4 nitrogen and oxygen atoms in total. The maximum atomic E-state index is 7.24. The van der Waals surface area contributed by atoms with Crippen molar-refractivity contribution in [3.8, 4) is 5.75 Å². The predicted octanol–water partition coefficient (Wildman–Crippen LogP) is 10.2. The van der Waals surface area contributed by atoms with Gasteiger partial charge in [0.25, 0.3) is 0 Å². The van der Waals surface area contributed by atoms with Gasteiger partial charge in [0.05, 0.1) is 26.4 Å². The van der Waals surface area contributed by atoms with E-state index in [0.29, 0.717) is 25.0 Å². The Morgan fingerprint density at radius 2 is 1.54 bits per heavy atom. The number of benzene rings is 1. The molecule has 0 heterocycles. The van der Waals surface area contributed by atoms with E-state index in [2.05, 4.69) is 114 Å². The molecule has 0 unspecified atom stereocenters. The Bertz CT molecular complexity index is 838. The molecule has 0 saturated heterocycles. The maximum Gasteiger partial charge on any atom is 0.192 e. The fraction of sp³-hybridized carbons (Fsp3) is 0.750. The molecule has 0 aliphatic rings. The minimum Gasteiger partial charge on any atom is -0.497 e. The number of allylic oxidation sites excluding steroid dienone is 1. The summed E-state index contributed by atoms with van der Waals surface area (Å²) in [5, 5.41) is 0.146. The Morgan fingerprint density at radius 3 is 2.00 bits per heavy atom. The van der Waals surface area contributed by atoms with E-state index >= 15 is 0 Å². The van der Waals surface area contributed by atoms with Gasteiger partial charge in [0.2, 0.25) is 0 Å². The highest BCUT2D eigenvalue weighted by atomic mass is 127. The van der Waals surface area contributed by atoms with Crippen molar-refractivity contribution in [1.29, 1.82) is 0 Å². The van der Waals surface area contributed by atoms with Crippen LogP contribution in [0.25, 0.3) is 0 Å². The molecule has 4 atom stereocenters. The molecule has 7 heteroatoms. The van der Waals surface area contributed by atoms with Crippen LogP contribution in [-0.2, 0) is 20.2 Å². The predicted molar refractivity (Wildman–Crippen MR) is 182 cm³/mol. The summed E-state index contributed by atoms with van der Waals surface area (Å²) in [6.07, 6.45) is 1.15. The van der Waals surface area contributed by atoms with E-state index in [1.807, 2.05) is 12.1 Å². The number of rotatable bonds is 18. The van der Waals surface area contributed by atoms with Crippen LogP contribution in [0.5, 0.6) is 5.75 Å². The van der Waals surface area contributed by atoms with Crippen molar-refractivity contribution < 1.29 is 18.3 Å². The molecule has 0 fully saturated rings. The van der Waals surface area contributed by atoms with Crippen LogP contribution in [0.15, 0.2) is 33.9 Å². The Hall–Kier alpha value is -0.196. The van der Waals surface area contributed by atoms with E-state index in [9.17, 15) is 0 Å². The number of halogens is 1. The van der Waals surface area contributed by atoms with Gasteiger partial charge in [-0.3, -0.25) is 0 Å². The van der Waals surface area contributed by atoms with E-state index < -0.39 is 16.6 Å². The smallest absolute Gasteiger partial charge is 0.192 e. The van der Waals surface area contributed by atoms with Gasteiger partial charge >= 0.3 is 0 Å². The summed E-state index contributed by atoms with van der Waals surface area (Å²) in [5.41, 5.74) is 2.58. The van der Waals surface area contributed by atoms with Crippen LogP contribution < -0.4 is 4.74 Å². The SMILES string of the molecule is CC[Si](CC)(CC)OC[C@H](C/C(C)=C\I)[C@H](C)[C@H](O[Si](C)(C)C(C)(C)C)[C@H](C)COCc1ccc(OC)cc1. The molecule has 1 aromatic rings. The highest BCUT2D eigenvalue weighted by Crippen LogP contribution is 2.41. The number of methoxy groups -OCH3 is 1. The Morgan fingerprint density at radius 1 is 0.974 bits per heavy atom. The molecule has 0 radical (unpaired) electrons. The summed E-state index contributed by atoms with van der Waals surface area (Å²) in [5.74, 6) is 1.90. The molecule has 0 aliphatic carbocycles. The van der Waals surface area contributed by atoms with Crippen molar-refractivity contribution in [2.24, 2.45) is 17.8 Å². The van der Waals surface area contributed by atoms with Crippen molar-refractivity contribution in [2.45, 2.75) is 118 Å². The second kappa shape index (κ2) is 17.0. The first-order chi connectivity index (χ1) is 18.2. The van der Waals surface area contributed by atoms with E-state index in [4.69, 9.17) is 18.3 Å². The van der Waals surface area contributed by atoms with Gasteiger partial charge in [-0.2, -0.15) is 0 Å². The molecule has 0 aromatic heterocycles. The summed E-state index contributed by atoms with van der Waals surface area (Å²) in [4.78, 5) is 0. The summed E-state index contributed by atoms with van der Waals surface area (Å²) in [7, 11) is -1.98. The normalized spacial score (nSPS) is 16.6. The lowest BCUT2D eigenvalue weighted by molar-refractivity contribution is -0.00997. The molecule has 39 heavy (non-hydrogen) atoms. The van der Waals surface area contributed by atoms with Crippen LogP contribution in [0.4, 0.5) is 0 Å². The first kappa shape index (κ1) is 36.8. The quantitative estimate of drug-likeness (QED) is 0.114. The lowest BCUT2D eigenvalue weighted by Crippen LogP contribution is -2.50. The van der Waals surface area contributed by atoms with E-state index in [1.165, 1.54) is 23.7 Å². The van der Waals surface area contributed by atoms with Gasteiger partial charge in [-0.25, -0.2) is 0 Å². The first-order valence-corrected chi connectivity index (χ1v) is 21.7. The number of ether oxygens (including phenoxy) is 2. The first-order valence-electron chi connectivity index (χ1n) is 15.0. The second-order valence-electron chi connectivity index (χ2n) is 13.0. The largest absolute Gasteiger partial charge is 0.497 e. The van der Waals surface area contributed by atoms with Crippen molar-refractivity contribution in [3.05, 3.63) is 39.5 Å². The monoisotopic (exact) mass is 690 g/mol. The van der Waals surface area contributed by atoms with Crippen LogP contribution in [0.3, 0.4) is 0 Å². The highest BCUT2D eigenvalue weighted by Gasteiger charge is 2.43. The van der Waals surface area contributed by atoms with Gasteiger partial charge in [-0.05, 0) is 83.2 Å². The van der Waals surface area contributed by atoms with Crippen LogP contribution in [0.2, 0.25) is 36.3 Å². The third-order valence-corrected chi connectivity index (χ3v) is 19.4. The number of hydrogen-bond donors (Lipinski definition) is 0. The van der Waals surface area contributed by atoms with Gasteiger partial charge < -0.3 is 18.3 Å². The lowest BCUT2D eigenvalue weighted by atomic mass is 9.81. The van der Waals surface area contributed by atoms with E-state index in [0.717, 1.165) is 24.3 Å². The minimum absolute atomic E-state index is 0.110. The molecule has 0 aliphatic heterocycles. The fourth-order valence-electron chi connectivity index (χ4n) is 4.90. The molecule has 0 N–H and O–H groups in total. The van der Waals surface area contributed by atoms with Crippen LogP contribution in [0, 0.1) is 17.8 Å². The van der Waals surface area contributed by atoms with Gasteiger partial charge in [0.15, 0.2) is 16.6 Å². The Balaban J connectivity index is 3.20. The van der Waals surface area contributed by atoms with Crippen LogP contribution >= 0.6 is 22.6 Å².